The van der Waals surface area contributed by atoms with Crippen molar-refractivity contribution in [2.24, 2.45) is 0 Å². The zero-order chi connectivity index (χ0) is 21.6. The Bertz CT molecular complexity index is 809. The van der Waals surface area contributed by atoms with Crippen LogP contribution < -0.4 is 0 Å². The number of rotatable bonds is 8. The number of benzene rings is 1. The molecule has 0 saturated heterocycles. The van der Waals surface area contributed by atoms with Crippen molar-refractivity contribution in [2.75, 3.05) is 14.2 Å². The molecule has 0 fully saturated rings. The first-order valence-electron chi connectivity index (χ1n) is 9.95. The summed E-state index contributed by atoms with van der Waals surface area (Å²) in [5.41, 5.74) is 2.17. The number of amides is 1. The Hall–Kier alpha value is -2.62. The minimum atomic E-state index is -0.573. The van der Waals surface area contributed by atoms with E-state index < -0.39 is 6.10 Å². The molecule has 2 unspecified atom stereocenters. The average Bonchev–Trinajstić information content (AvgIpc) is 2.70. The number of methoxy groups -OCH3 is 2. The van der Waals surface area contributed by atoms with Gasteiger partial charge in [-0.25, -0.2) is 4.79 Å². The molecule has 0 bridgehead atoms. The molecule has 1 aromatic rings. The molecule has 156 valence electrons. The quantitative estimate of drug-likeness (QED) is 0.621. The van der Waals surface area contributed by atoms with Crippen LogP contribution in [0.5, 0.6) is 0 Å². The normalized spacial score (nSPS) is 17.5. The Morgan fingerprint density at radius 2 is 1.69 bits per heavy atom. The molecule has 0 radical (unpaired) electrons. The lowest BCUT2D eigenvalue weighted by atomic mass is 9.80. The largest absolute Gasteiger partial charge is 0.497 e. The van der Waals surface area contributed by atoms with Crippen molar-refractivity contribution in [1.29, 1.82) is 0 Å². The van der Waals surface area contributed by atoms with Gasteiger partial charge in [0.05, 0.1) is 12.7 Å². The maximum atomic E-state index is 13.3. The van der Waals surface area contributed by atoms with Crippen LogP contribution in [0.1, 0.15) is 45.6 Å². The summed E-state index contributed by atoms with van der Waals surface area (Å²) in [6.45, 7) is 8.08. The van der Waals surface area contributed by atoms with E-state index in [0.29, 0.717) is 11.3 Å². The highest BCUT2D eigenvalue weighted by Gasteiger charge is 2.33. The molecule has 1 aliphatic carbocycles. The number of allylic oxidation sites excluding steroid dienone is 1. The van der Waals surface area contributed by atoms with Crippen LogP contribution in [0.15, 0.2) is 59.4 Å². The van der Waals surface area contributed by atoms with Gasteiger partial charge >= 0.3 is 0 Å². The fraction of sp³-hybridized carbons (Fsp3) is 0.458. The molecule has 5 heteroatoms. The Kier molecular flexibility index (Phi) is 8.00. The molecule has 2 atom stereocenters. The van der Waals surface area contributed by atoms with Crippen molar-refractivity contribution >= 4 is 11.8 Å². The smallest absolute Gasteiger partial charge is 0.223 e. The van der Waals surface area contributed by atoms with Gasteiger partial charge in [-0.2, -0.15) is 0 Å². The van der Waals surface area contributed by atoms with Crippen LogP contribution in [-0.4, -0.2) is 49.2 Å². The maximum absolute atomic E-state index is 13.3. The first-order valence-corrected chi connectivity index (χ1v) is 9.95. The molecule has 0 saturated carbocycles. The predicted molar refractivity (Wildman–Crippen MR) is 114 cm³/mol. The van der Waals surface area contributed by atoms with Gasteiger partial charge in [-0.15, -0.1) is 0 Å². The molecule has 5 nitrogen and oxygen atoms in total. The van der Waals surface area contributed by atoms with Gasteiger partial charge in [-0.3, -0.25) is 4.79 Å². The number of hydrogen-bond acceptors (Lipinski definition) is 4. The van der Waals surface area contributed by atoms with Gasteiger partial charge < -0.3 is 14.4 Å². The molecular formula is C24H31NO4. The van der Waals surface area contributed by atoms with Crippen LogP contribution in [0, 0.1) is 0 Å². The summed E-state index contributed by atoms with van der Waals surface area (Å²) in [5.74, 6) is 2.32. The molecule has 0 N–H and O–H groups in total. The van der Waals surface area contributed by atoms with Crippen LogP contribution in [0.25, 0.3) is 0 Å². The molecule has 0 aromatic heterocycles. The Morgan fingerprint density at radius 1 is 1.07 bits per heavy atom. The highest BCUT2D eigenvalue weighted by atomic mass is 16.5. The fourth-order valence-corrected chi connectivity index (χ4v) is 4.00. The lowest BCUT2D eigenvalue weighted by Gasteiger charge is -2.34. The topological polar surface area (TPSA) is 55.8 Å². The van der Waals surface area contributed by atoms with E-state index in [1.807, 2.05) is 74.9 Å². The highest BCUT2D eigenvalue weighted by Crippen LogP contribution is 2.37. The summed E-state index contributed by atoms with van der Waals surface area (Å²) in [7, 11) is 3.11. The number of ether oxygens (including phenoxy) is 2. The van der Waals surface area contributed by atoms with Gasteiger partial charge in [0, 0.05) is 31.5 Å². The van der Waals surface area contributed by atoms with E-state index >= 15 is 0 Å². The molecule has 1 amide bonds. The minimum absolute atomic E-state index is 0.0600. The molecule has 1 aromatic carbocycles. The number of hydrogen-bond donors (Lipinski definition) is 0. The second-order valence-electron chi connectivity index (χ2n) is 7.72. The van der Waals surface area contributed by atoms with E-state index in [4.69, 9.17) is 9.47 Å². The zero-order valence-corrected chi connectivity index (χ0v) is 18.1. The maximum Gasteiger partial charge on any atom is 0.223 e. The Morgan fingerprint density at radius 3 is 2.17 bits per heavy atom. The summed E-state index contributed by atoms with van der Waals surface area (Å²) in [5, 5.41) is 0. The van der Waals surface area contributed by atoms with Gasteiger partial charge in [0.15, 0.2) is 0 Å². The molecule has 2 rings (SSSR count). The molecule has 29 heavy (non-hydrogen) atoms. The first-order chi connectivity index (χ1) is 13.8. The summed E-state index contributed by atoms with van der Waals surface area (Å²) in [4.78, 5) is 26.7. The van der Waals surface area contributed by atoms with E-state index in [1.54, 1.807) is 20.3 Å². The first kappa shape index (κ1) is 22.7. The lowest BCUT2D eigenvalue weighted by Crippen LogP contribution is -2.43. The van der Waals surface area contributed by atoms with Crippen LogP contribution in [0.3, 0.4) is 0 Å². The second-order valence-corrected chi connectivity index (χ2v) is 7.72. The summed E-state index contributed by atoms with van der Waals surface area (Å²) in [6, 6.07) is 10.0. The number of carbonyl (C=O) groups excluding carboxylic acids is 2. The van der Waals surface area contributed by atoms with Gasteiger partial charge in [-0.1, -0.05) is 30.3 Å². The standard InChI is InChI=1S/C24H31NO4/c1-16(2)25(17(3)4)23(27)14-21(18-10-8-7-9-11-18)22-13-20(28-5)12-19(15-26)24(22)29-6/h7-13,16-17,21,24H,14H2,1-6H3. The van der Waals surface area contributed by atoms with E-state index in [0.717, 1.165) is 11.1 Å². The number of nitrogens with zero attached hydrogens (tertiary/aromatic N) is 1. The third kappa shape index (κ3) is 5.26. The van der Waals surface area contributed by atoms with E-state index in [2.05, 4.69) is 0 Å². The monoisotopic (exact) mass is 397 g/mol. The summed E-state index contributed by atoms with van der Waals surface area (Å²) in [6.07, 6.45) is 3.20. The molecule has 1 aliphatic rings. The summed E-state index contributed by atoms with van der Waals surface area (Å²) < 4.78 is 11.0. The van der Waals surface area contributed by atoms with Crippen LogP contribution in [0.2, 0.25) is 0 Å². The number of carbonyl (C=O) groups is 1. The highest BCUT2D eigenvalue weighted by molar-refractivity contribution is 5.79. The Balaban J connectivity index is 2.54. The van der Waals surface area contributed by atoms with Gasteiger partial charge in [0.1, 0.15) is 17.8 Å². The molecule has 0 aliphatic heterocycles. The van der Waals surface area contributed by atoms with Crippen molar-refractivity contribution in [3.63, 3.8) is 0 Å². The molecule has 0 spiro atoms. The zero-order valence-electron chi connectivity index (χ0n) is 18.1. The molecular weight excluding hydrogens is 366 g/mol. The minimum Gasteiger partial charge on any atom is -0.497 e. The van der Waals surface area contributed by atoms with Crippen LogP contribution >= 0.6 is 0 Å². The van der Waals surface area contributed by atoms with Crippen molar-refractivity contribution < 1.29 is 19.1 Å². The average molecular weight is 398 g/mol. The molecule has 0 heterocycles. The Labute approximate surface area is 173 Å². The van der Waals surface area contributed by atoms with Gasteiger partial charge in [0.2, 0.25) is 5.91 Å². The van der Waals surface area contributed by atoms with Crippen LogP contribution in [-0.2, 0) is 19.1 Å². The van der Waals surface area contributed by atoms with Crippen molar-refractivity contribution in [1.82, 2.24) is 4.90 Å². The van der Waals surface area contributed by atoms with E-state index in [1.165, 1.54) is 0 Å². The van der Waals surface area contributed by atoms with Gasteiger partial charge in [0.25, 0.3) is 0 Å². The van der Waals surface area contributed by atoms with Gasteiger partial charge in [-0.05, 0) is 51.0 Å². The third-order valence-corrected chi connectivity index (χ3v) is 5.16. The lowest BCUT2D eigenvalue weighted by molar-refractivity contribution is -0.135. The third-order valence-electron chi connectivity index (χ3n) is 5.16. The second kappa shape index (κ2) is 10.2. The van der Waals surface area contributed by atoms with E-state index in [-0.39, 0.29) is 30.3 Å². The van der Waals surface area contributed by atoms with Crippen molar-refractivity contribution in [2.45, 2.75) is 58.2 Å². The SMILES string of the molecule is COC1=CC(=C=O)C(OC)C(C(CC(=O)N(C(C)C)C(C)C)c2ccccc2)=C1. The summed E-state index contributed by atoms with van der Waals surface area (Å²) >= 11 is 0. The van der Waals surface area contributed by atoms with E-state index in [9.17, 15) is 9.59 Å². The fourth-order valence-electron chi connectivity index (χ4n) is 4.00. The van der Waals surface area contributed by atoms with Crippen LogP contribution in [0.4, 0.5) is 0 Å². The van der Waals surface area contributed by atoms with Crippen molar-refractivity contribution in [3.05, 3.63) is 65.0 Å². The van der Waals surface area contributed by atoms with Crippen molar-refractivity contribution in [3.8, 4) is 0 Å². The predicted octanol–water partition coefficient (Wildman–Crippen LogP) is 4.05.